The number of aryl methyl sites for hydroxylation is 1. The van der Waals surface area contributed by atoms with Crippen LogP contribution >= 0.6 is 0 Å². The van der Waals surface area contributed by atoms with Gasteiger partial charge in [0.1, 0.15) is 5.82 Å². The fourth-order valence-corrected chi connectivity index (χ4v) is 3.85. The van der Waals surface area contributed by atoms with Crippen molar-refractivity contribution in [3.63, 3.8) is 0 Å². The average molecular weight is 434 g/mol. The average Bonchev–Trinajstić information content (AvgIpc) is 2.71. The summed E-state index contributed by atoms with van der Waals surface area (Å²) >= 11 is 0. The van der Waals surface area contributed by atoms with Gasteiger partial charge < -0.3 is 16.0 Å². The molecule has 6 nitrogen and oxygen atoms in total. The number of hydrogen-bond donors (Lipinski definition) is 2. The molecule has 1 unspecified atom stereocenters. The molecule has 31 heavy (non-hydrogen) atoms. The molecular formula is C22H25F3N4O2. The lowest BCUT2D eigenvalue weighted by Gasteiger charge is -2.47. The summed E-state index contributed by atoms with van der Waals surface area (Å²) in [5.74, 6) is -1.11. The largest absolute Gasteiger partial charge is 0.416 e. The van der Waals surface area contributed by atoms with E-state index >= 15 is 0 Å². The van der Waals surface area contributed by atoms with Crippen LogP contribution < -0.4 is 11.1 Å². The lowest BCUT2D eigenvalue weighted by Crippen LogP contribution is -2.55. The number of alkyl halides is 3. The number of rotatable bonds is 2. The first-order valence-corrected chi connectivity index (χ1v) is 9.94. The molecule has 2 atom stereocenters. The van der Waals surface area contributed by atoms with Crippen LogP contribution in [0.15, 0.2) is 36.5 Å². The second-order valence-corrected chi connectivity index (χ2v) is 8.29. The second kappa shape index (κ2) is 8.20. The Morgan fingerprint density at radius 3 is 2.48 bits per heavy atom. The number of benzene rings is 1. The van der Waals surface area contributed by atoms with Crippen molar-refractivity contribution < 1.29 is 22.8 Å². The minimum Gasteiger partial charge on any atom is -0.383 e. The normalized spacial score (nSPS) is 21.6. The number of carbonyl (C=O) groups is 2. The Kier molecular flexibility index (Phi) is 5.98. The van der Waals surface area contributed by atoms with Crippen LogP contribution in [0.5, 0.6) is 0 Å². The molecule has 2 aromatic rings. The lowest BCUT2D eigenvalue weighted by molar-refractivity contribution is -0.150. The number of amides is 2. The molecule has 0 bridgehead atoms. The van der Waals surface area contributed by atoms with Gasteiger partial charge in [0, 0.05) is 6.54 Å². The number of anilines is 2. The minimum absolute atomic E-state index is 0.153. The van der Waals surface area contributed by atoms with Crippen molar-refractivity contribution in [1.29, 1.82) is 0 Å². The molecular weight excluding hydrogens is 409 g/mol. The standard InChI is InChI=1S/C22H25F3N4O2/c1-13-8-9-21(3,15-4-6-16(7-5-15)22(23,24)25)29(12-13)20(31)19(30)28-17-10-14(2)18(26)27-11-17/h4-7,10-11,13H,8-9,12H2,1-3H3,(H2,26,27)(H,28,30)/t13-,21?/m0/s1. The van der Waals surface area contributed by atoms with E-state index in [1.54, 1.807) is 19.9 Å². The maximum absolute atomic E-state index is 13.1. The molecule has 1 aromatic carbocycles. The number of halogens is 3. The highest BCUT2D eigenvalue weighted by atomic mass is 19.4. The molecule has 0 spiro atoms. The number of nitrogens with two attached hydrogens (primary N) is 1. The third-order valence-corrected chi connectivity index (χ3v) is 5.86. The second-order valence-electron chi connectivity index (χ2n) is 8.29. The molecule has 3 N–H and O–H groups in total. The van der Waals surface area contributed by atoms with Crippen molar-refractivity contribution >= 4 is 23.3 Å². The van der Waals surface area contributed by atoms with Crippen molar-refractivity contribution in [3.05, 3.63) is 53.2 Å². The molecule has 0 radical (unpaired) electrons. The van der Waals surface area contributed by atoms with Gasteiger partial charge in [0.05, 0.1) is 23.0 Å². The summed E-state index contributed by atoms with van der Waals surface area (Å²) in [4.78, 5) is 31.2. The van der Waals surface area contributed by atoms with E-state index in [-0.39, 0.29) is 5.92 Å². The molecule has 2 heterocycles. The van der Waals surface area contributed by atoms with Crippen LogP contribution in [0.4, 0.5) is 24.7 Å². The van der Waals surface area contributed by atoms with E-state index in [2.05, 4.69) is 10.3 Å². The quantitative estimate of drug-likeness (QED) is 0.697. The van der Waals surface area contributed by atoms with Gasteiger partial charge in [-0.2, -0.15) is 13.2 Å². The first kappa shape index (κ1) is 22.6. The zero-order valence-corrected chi connectivity index (χ0v) is 17.6. The van der Waals surface area contributed by atoms with Crippen molar-refractivity contribution in [3.8, 4) is 0 Å². The van der Waals surface area contributed by atoms with Crippen LogP contribution in [-0.2, 0) is 21.3 Å². The van der Waals surface area contributed by atoms with Gasteiger partial charge in [-0.15, -0.1) is 0 Å². The number of piperidine rings is 1. The van der Waals surface area contributed by atoms with E-state index < -0.39 is 29.1 Å². The van der Waals surface area contributed by atoms with Gasteiger partial charge in [-0.05, 0) is 61.9 Å². The smallest absolute Gasteiger partial charge is 0.383 e. The van der Waals surface area contributed by atoms with Crippen LogP contribution in [0, 0.1) is 12.8 Å². The van der Waals surface area contributed by atoms with Gasteiger partial charge in [0.2, 0.25) is 0 Å². The summed E-state index contributed by atoms with van der Waals surface area (Å²) in [6.45, 7) is 5.80. The number of hydrogen-bond acceptors (Lipinski definition) is 4. The first-order chi connectivity index (χ1) is 14.4. The van der Waals surface area contributed by atoms with Crippen molar-refractivity contribution in [2.24, 2.45) is 5.92 Å². The summed E-state index contributed by atoms with van der Waals surface area (Å²) < 4.78 is 38.8. The van der Waals surface area contributed by atoms with Gasteiger partial charge in [-0.25, -0.2) is 4.98 Å². The molecule has 3 rings (SSSR count). The third kappa shape index (κ3) is 4.65. The van der Waals surface area contributed by atoms with Crippen LogP contribution in [0.3, 0.4) is 0 Å². The molecule has 1 aromatic heterocycles. The highest BCUT2D eigenvalue weighted by molar-refractivity contribution is 6.39. The number of nitrogens with one attached hydrogen (secondary N) is 1. The van der Waals surface area contributed by atoms with Gasteiger partial charge >= 0.3 is 18.0 Å². The Bertz CT molecular complexity index is 991. The Labute approximate surface area is 178 Å². The number of aromatic nitrogens is 1. The summed E-state index contributed by atoms with van der Waals surface area (Å²) in [6, 6.07) is 6.38. The summed E-state index contributed by atoms with van der Waals surface area (Å²) in [6.07, 6.45) is -1.77. The van der Waals surface area contributed by atoms with Gasteiger partial charge in [-0.1, -0.05) is 19.1 Å². The Balaban J connectivity index is 1.87. The molecule has 2 amide bonds. The molecule has 166 valence electrons. The molecule has 0 aliphatic carbocycles. The number of nitrogen functional groups attached to an aromatic ring is 1. The number of carbonyl (C=O) groups excluding carboxylic acids is 2. The molecule has 9 heteroatoms. The minimum atomic E-state index is -4.44. The van der Waals surface area contributed by atoms with Crippen LogP contribution in [0.1, 0.15) is 43.4 Å². The van der Waals surface area contributed by atoms with Crippen molar-refractivity contribution in [1.82, 2.24) is 9.88 Å². The predicted molar refractivity (Wildman–Crippen MR) is 111 cm³/mol. The van der Waals surface area contributed by atoms with Gasteiger partial charge in [-0.3, -0.25) is 9.59 Å². The van der Waals surface area contributed by atoms with Crippen molar-refractivity contribution in [2.75, 3.05) is 17.6 Å². The SMILES string of the molecule is Cc1cc(NC(=O)C(=O)N2C[C@@H](C)CCC2(C)c2ccc(C(F)(F)F)cc2)cnc1N. The van der Waals surface area contributed by atoms with Crippen molar-refractivity contribution in [2.45, 2.75) is 45.3 Å². The highest BCUT2D eigenvalue weighted by Crippen LogP contribution is 2.40. The Morgan fingerprint density at radius 2 is 1.90 bits per heavy atom. The van der Waals surface area contributed by atoms with Crippen LogP contribution in [-0.4, -0.2) is 28.2 Å². The Morgan fingerprint density at radius 1 is 1.26 bits per heavy atom. The third-order valence-electron chi connectivity index (χ3n) is 5.86. The van der Waals surface area contributed by atoms with E-state index in [0.717, 1.165) is 18.6 Å². The first-order valence-electron chi connectivity index (χ1n) is 9.94. The molecule has 0 saturated carbocycles. The fraction of sp³-hybridized carbons (Fsp3) is 0.409. The zero-order chi connectivity index (χ0) is 23.0. The number of nitrogens with zero attached hydrogens (tertiary/aromatic N) is 2. The number of likely N-dealkylation sites (tertiary alicyclic amines) is 1. The summed E-state index contributed by atoms with van der Waals surface area (Å²) in [5, 5.41) is 2.54. The van der Waals surface area contributed by atoms with E-state index in [1.165, 1.54) is 23.2 Å². The van der Waals surface area contributed by atoms with E-state index in [4.69, 9.17) is 5.73 Å². The molecule has 1 saturated heterocycles. The Hall–Kier alpha value is -3.10. The fourth-order valence-electron chi connectivity index (χ4n) is 3.85. The maximum atomic E-state index is 13.1. The van der Waals surface area contributed by atoms with E-state index in [9.17, 15) is 22.8 Å². The molecule has 1 aliphatic rings. The van der Waals surface area contributed by atoms with E-state index in [1.807, 2.05) is 6.92 Å². The maximum Gasteiger partial charge on any atom is 0.416 e. The molecule has 1 aliphatic heterocycles. The van der Waals surface area contributed by atoms with Crippen LogP contribution in [0.2, 0.25) is 0 Å². The summed E-state index contributed by atoms with van der Waals surface area (Å²) in [7, 11) is 0. The topological polar surface area (TPSA) is 88.3 Å². The summed E-state index contributed by atoms with van der Waals surface area (Å²) in [5.41, 5.74) is 5.57. The van der Waals surface area contributed by atoms with E-state index in [0.29, 0.717) is 35.6 Å². The number of pyridine rings is 1. The molecule has 1 fully saturated rings. The van der Waals surface area contributed by atoms with Gasteiger partial charge in [0.15, 0.2) is 0 Å². The zero-order valence-electron chi connectivity index (χ0n) is 17.6. The predicted octanol–water partition coefficient (Wildman–Crippen LogP) is 4.10. The highest BCUT2D eigenvalue weighted by Gasteiger charge is 2.43. The monoisotopic (exact) mass is 434 g/mol. The van der Waals surface area contributed by atoms with Gasteiger partial charge in [0.25, 0.3) is 0 Å². The van der Waals surface area contributed by atoms with Crippen LogP contribution in [0.25, 0.3) is 0 Å². The lowest BCUT2D eigenvalue weighted by atomic mass is 9.78.